The zero-order chi connectivity index (χ0) is 21.2. The second-order valence-electron chi connectivity index (χ2n) is 6.78. The van der Waals surface area contributed by atoms with Crippen molar-refractivity contribution in [3.8, 4) is 17.6 Å². The first kappa shape index (κ1) is 21.8. The van der Waals surface area contributed by atoms with E-state index < -0.39 is 5.91 Å². The molecule has 0 aromatic heterocycles. The highest BCUT2D eigenvalue weighted by molar-refractivity contribution is 6.01. The molecule has 2 aromatic rings. The molecule has 1 amide bonds. The first-order chi connectivity index (χ1) is 14.0. The number of nitrogens with zero attached hydrogens (tertiary/aromatic N) is 1. The molecule has 0 saturated carbocycles. The Kier molecular flexibility index (Phi) is 8.05. The van der Waals surface area contributed by atoms with Crippen LogP contribution in [-0.4, -0.2) is 19.1 Å². The fraction of sp³-hybridized carbons (Fsp3) is 0.250. The molecule has 5 heteroatoms. The van der Waals surface area contributed by atoms with Crippen molar-refractivity contribution in [2.45, 2.75) is 32.9 Å². The van der Waals surface area contributed by atoms with Crippen LogP contribution >= 0.6 is 0 Å². The Morgan fingerprint density at radius 3 is 2.59 bits per heavy atom. The number of allylic oxidation sites excluding steroid dienone is 1. The molecule has 0 saturated heterocycles. The fourth-order valence-corrected chi connectivity index (χ4v) is 2.77. The molecule has 0 atom stereocenters. The van der Waals surface area contributed by atoms with Crippen LogP contribution in [-0.2, 0) is 17.8 Å². The van der Waals surface area contributed by atoms with Gasteiger partial charge in [0.2, 0.25) is 0 Å². The molecule has 2 aromatic carbocycles. The molecule has 0 radical (unpaired) electrons. The average molecular weight is 390 g/mol. The normalized spacial score (nSPS) is 10.9. The van der Waals surface area contributed by atoms with Crippen molar-refractivity contribution in [3.63, 3.8) is 0 Å². The molecule has 2 rings (SSSR count). The van der Waals surface area contributed by atoms with Crippen molar-refractivity contribution >= 4 is 12.0 Å². The molecule has 29 heavy (non-hydrogen) atoms. The monoisotopic (exact) mass is 390 g/mol. The van der Waals surface area contributed by atoms with Crippen LogP contribution in [0.25, 0.3) is 6.08 Å². The van der Waals surface area contributed by atoms with Crippen LogP contribution in [0.2, 0.25) is 0 Å². The van der Waals surface area contributed by atoms with Crippen molar-refractivity contribution in [1.29, 1.82) is 5.26 Å². The van der Waals surface area contributed by atoms with Crippen LogP contribution in [0.15, 0.2) is 60.7 Å². The molecule has 0 bridgehead atoms. The summed E-state index contributed by atoms with van der Waals surface area (Å²) in [6.45, 7) is 7.90. The lowest BCUT2D eigenvalue weighted by molar-refractivity contribution is -0.117. The van der Waals surface area contributed by atoms with Crippen molar-refractivity contribution in [3.05, 3.63) is 77.4 Å². The maximum atomic E-state index is 12.2. The summed E-state index contributed by atoms with van der Waals surface area (Å²) in [7, 11) is 1.56. The van der Waals surface area contributed by atoms with Crippen LogP contribution in [0.3, 0.4) is 0 Å². The number of hydrogen-bond acceptors (Lipinski definition) is 4. The van der Waals surface area contributed by atoms with Gasteiger partial charge in [-0.3, -0.25) is 4.79 Å². The molecule has 5 nitrogen and oxygen atoms in total. The third kappa shape index (κ3) is 6.25. The number of methoxy groups -OCH3 is 1. The third-order valence-electron chi connectivity index (χ3n) is 4.06. The maximum Gasteiger partial charge on any atom is 0.262 e. The Bertz CT molecular complexity index is 925. The van der Waals surface area contributed by atoms with E-state index in [9.17, 15) is 10.1 Å². The van der Waals surface area contributed by atoms with E-state index in [0.29, 0.717) is 30.1 Å². The van der Waals surface area contributed by atoms with Gasteiger partial charge in [-0.25, -0.2) is 0 Å². The van der Waals surface area contributed by atoms with E-state index in [-0.39, 0.29) is 11.6 Å². The molecule has 0 aliphatic carbocycles. The Morgan fingerprint density at radius 2 is 2.00 bits per heavy atom. The number of hydrogen-bond donors (Lipinski definition) is 1. The standard InChI is InChI=1S/C24H26N2O3/c1-5-9-20-12-19(13-21(15-25)24(27)26-17(2)3)14-22(28-4)23(20)29-16-18-10-7-6-8-11-18/h5-8,10-14,17H,1,9,16H2,2-4H3,(H,26,27)/b21-13-. The van der Waals surface area contributed by atoms with Gasteiger partial charge < -0.3 is 14.8 Å². The lowest BCUT2D eigenvalue weighted by Crippen LogP contribution is -2.30. The predicted octanol–water partition coefficient (Wildman–Crippen LogP) is 4.43. The summed E-state index contributed by atoms with van der Waals surface area (Å²) in [4.78, 5) is 12.2. The lowest BCUT2D eigenvalue weighted by Gasteiger charge is -2.16. The molecule has 0 spiro atoms. The minimum Gasteiger partial charge on any atom is -0.493 e. The number of nitriles is 1. The molecule has 0 aliphatic heterocycles. The van der Waals surface area contributed by atoms with Crippen molar-refractivity contribution in [2.24, 2.45) is 0 Å². The molecule has 0 aliphatic rings. The van der Waals surface area contributed by atoms with Crippen molar-refractivity contribution < 1.29 is 14.3 Å². The number of carbonyl (C=O) groups excluding carboxylic acids is 1. The number of carbonyl (C=O) groups is 1. The van der Waals surface area contributed by atoms with Crippen LogP contribution in [0.1, 0.15) is 30.5 Å². The quantitative estimate of drug-likeness (QED) is 0.390. The van der Waals surface area contributed by atoms with Crippen LogP contribution in [0.4, 0.5) is 0 Å². The summed E-state index contributed by atoms with van der Waals surface area (Å²) in [5.41, 5.74) is 2.62. The van der Waals surface area contributed by atoms with Gasteiger partial charge in [0.1, 0.15) is 18.2 Å². The zero-order valence-electron chi connectivity index (χ0n) is 17.1. The summed E-state index contributed by atoms with van der Waals surface area (Å²) < 4.78 is 11.6. The summed E-state index contributed by atoms with van der Waals surface area (Å²) in [6, 6.07) is 15.4. The summed E-state index contributed by atoms with van der Waals surface area (Å²) in [6.07, 6.45) is 3.88. The van der Waals surface area contributed by atoms with E-state index in [4.69, 9.17) is 9.47 Å². The SMILES string of the molecule is C=CCc1cc(/C=C(/C#N)C(=O)NC(C)C)cc(OC)c1OCc1ccccc1. The molecular weight excluding hydrogens is 364 g/mol. The molecular formula is C24H26N2O3. The first-order valence-corrected chi connectivity index (χ1v) is 9.39. The number of rotatable bonds is 9. The number of benzene rings is 2. The highest BCUT2D eigenvalue weighted by Crippen LogP contribution is 2.35. The maximum absolute atomic E-state index is 12.2. The van der Waals surface area contributed by atoms with Crippen LogP contribution in [0.5, 0.6) is 11.5 Å². The number of nitrogens with one attached hydrogen (secondary N) is 1. The van der Waals surface area contributed by atoms with Gasteiger partial charge in [-0.05, 0) is 49.6 Å². The van der Waals surface area contributed by atoms with Crippen molar-refractivity contribution in [1.82, 2.24) is 5.32 Å². The Hall–Kier alpha value is -3.52. The molecule has 1 N–H and O–H groups in total. The largest absolute Gasteiger partial charge is 0.493 e. The van der Waals surface area contributed by atoms with Gasteiger partial charge in [0, 0.05) is 11.6 Å². The van der Waals surface area contributed by atoms with E-state index in [1.165, 1.54) is 0 Å². The van der Waals surface area contributed by atoms with E-state index in [0.717, 1.165) is 11.1 Å². The second kappa shape index (κ2) is 10.7. The molecule has 0 fully saturated rings. The van der Waals surface area contributed by atoms with Crippen LogP contribution in [0, 0.1) is 11.3 Å². The highest BCUT2D eigenvalue weighted by atomic mass is 16.5. The summed E-state index contributed by atoms with van der Waals surface area (Å²) in [5, 5.41) is 12.1. The number of amides is 1. The topological polar surface area (TPSA) is 71.4 Å². The number of ether oxygens (including phenoxy) is 2. The van der Waals surface area contributed by atoms with Gasteiger partial charge in [-0.15, -0.1) is 6.58 Å². The van der Waals surface area contributed by atoms with Gasteiger partial charge in [-0.1, -0.05) is 36.4 Å². The minimum atomic E-state index is -0.406. The lowest BCUT2D eigenvalue weighted by atomic mass is 10.0. The Labute approximate surface area is 172 Å². The molecule has 150 valence electrons. The summed E-state index contributed by atoms with van der Waals surface area (Å²) >= 11 is 0. The van der Waals surface area contributed by atoms with Gasteiger partial charge in [0.15, 0.2) is 11.5 Å². The Morgan fingerprint density at radius 1 is 1.28 bits per heavy atom. The fourth-order valence-electron chi connectivity index (χ4n) is 2.77. The van der Waals surface area contributed by atoms with Gasteiger partial charge in [0.05, 0.1) is 7.11 Å². The Balaban J connectivity index is 2.39. The van der Waals surface area contributed by atoms with E-state index in [2.05, 4.69) is 11.9 Å². The summed E-state index contributed by atoms with van der Waals surface area (Å²) in [5.74, 6) is 0.753. The van der Waals surface area contributed by atoms with Crippen molar-refractivity contribution in [2.75, 3.05) is 7.11 Å². The third-order valence-corrected chi connectivity index (χ3v) is 4.06. The predicted molar refractivity (Wildman–Crippen MR) is 115 cm³/mol. The first-order valence-electron chi connectivity index (χ1n) is 9.39. The molecule has 0 heterocycles. The smallest absolute Gasteiger partial charge is 0.262 e. The second-order valence-corrected chi connectivity index (χ2v) is 6.78. The molecule has 0 unspecified atom stereocenters. The van der Waals surface area contributed by atoms with Gasteiger partial charge >= 0.3 is 0 Å². The average Bonchev–Trinajstić information content (AvgIpc) is 2.71. The minimum absolute atomic E-state index is 0.0308. The highest BCUT2D eigenvalue weighted by Gasteiger charge is 2.15. The van der Waals surface area contributed by atoms with Gasteiger partial charge in [0.25, 0.3) is 5.91 Å². The zero-order valence-corrected chi connectivity index (χ0v) is 17.1. The van der Waals surface area contributed by atoms with E-state index in [1.807, 2.05) is 56.3 Å². The van der Waals surface area contributed by atoms with E-state index >= 15 is 0 Å². The van der Waals surface area contributed by atoms with E-state index in [1.54, 1.807) is 25.3 Å². The van der Waals surface area contributed by atoms with Crippen LogP contribution < -0.4 is 14.8 Å². The van der Waals surface area contributed by atoms with Gasteiger partial charge in [-0.2, -0.15) is 5.26 Å².